The van der Waals surface area contributed by atoms with Gasteiger partial charge in [-0.2, -0.15) is 0 Å². The van der Waals surface area contributed by atoms with E-state index < -0.39 is 4.92 Å². The summed E-state index contributed by atoms with van der Waals surface area (Å²) >= 11 is 1.46. The lowest BCUT2D eigenvalue weighted by molar-refractivity contribution is -0.391. The highest BCUT2D eigenvalue weighted by Gasteiger charge is 2.16. The van der Waals surface area contributed by atoms with Crippen molar-refractivity contribution in [3.05, 3.63) is 40.7 Å². The Morgan fingerprint density at radius 2 is 2.35 bits per heavy atom. The lowest BCUT2D eigenvalue weighted by atomic mass is 10.7. The second kappa shape index (κ2) is 4.91. The van der Waals surface area contributed by atoms with E-state index in [1.54, 1.807) is 19.3 Å². The third kappa shape index (κ3) is 2.59. The van der Waals surface area contributed by atoms with E-state index in [-0.39, 0.29) is 5.82 Å². The summed E-state index contributed by atoms with van der Waals surface area (Å²) in [5.41, 5.74) is 0. The van der Waals surface area contributed by atoms with Gasteiger partial charge in [-0.25, -0.2) is 19.5 Å². The highest BCUT2D eigenvalue weighted by Crippen LogP contribution is 2.21. The van der Waals surface area contributed by atoms with Crippen LogP contribution >= 0.6 is 11.8 Å². The van der Waals surface area contributed by atoms with Crippen LogP contribution in [0.4, 0.5) is 5.82 Å². The average molecular weight is 251 g/mol. The van der Waals surface area contributed by atoms with Gasteiger partial charge in [0, 0.05) is 6.20 Å². The van der Waals surface area contributed by atoms with Gasteiger partial charge in [-0.15, -0.1) is 0 Å². The molecule has 0 radical (unpaired) electrons. The van der Waals surface area contributed by atoms with Gasteiger partial charge in [0.1, 0.15) is 12.5 Å². The Morgan fingerprint density at radius 3 is 2.94 bits per heavy atom. The highest BCUT2D eigenvalue weighted by atomic mass is 32.2. The lowest BCUT2D eigenvalue weighted by Gasteiger charge is -1.98. The topological polar surface area (TPSA) is 86.7 Å². The molecule has 0 aromatic carbocycles. The molecule has 8 heteroatoms. The number of nitro groups is 1. The zero-order valence-electron chi connectivity index (χ0n) is 8.98. The van der Waals surface area contributed by atoms with Crippen LogP contribution < -0.4 is 0 Å². The summed E-state index contributed by atoms with van der Waals surface area (Å²) in [4.78, 5) is 22.0. The van der Waals surface area contributed by atoms with Crippen LogP contribution in [-0.2, 0) is 12.8 Å². The van der Waals surface area contributed by atoms with Crippen LogP contribution in [0.15, 0.2) is 29.8 Å². The van der Waals surface area contributed by atoms with E-state index in [9.17, 15) is 10.1 Å². The molecule has 0 bridgehead atoms. The number of nitrogens with zero attached hydrogens (tertiary/aromatic N) is 5. The normalized spacial score (nSPS) is 10.4. The van der Waals surface area contributed by atoms with Crippen LogP contribution in [0.2, 0.25) is 0 Å². The Morgan fingerprint density at radius 1 is 1.53 bits per heavy atom. The maximum Gasteiger partial charge on any atom is 0.342 e. The lowest BCUT2D eigenvalue weighted by Crippen LogP contribution is -2.00. The van der Waals surface area contributed by atoms with Crippen LogP contribution in [0.5, 0.6) is 0 Å². The maximum absolute atomic E-state index is 10.6. The molecule has 0 aliphatic rings. The van der Waals surface area contributed by atoms with E-state index in [0.29, 0.717) is 11.6 Å². The van der Waals surface area contributed by atoms with E-state index >= 15 is 0 Å². The molecule has 0 spiro atoms. The Balaban J connectivity index is 2.07. The van der Waals surface area contributed by atoms with Gasteiger partial charge < -0.3 is 10.1 Å². The summed E-state index contributed by atoms with van der Waals surface area (Å²) in [7, 11) is 1.63. The molecule has 0 amide bonds. The van der Waals surface area contributed by atoms with Gasteiger partial charge in [0.25, 0.3) is 0 Å². The van der Waals surface area contributed by atoms with Gasteiger partial charge >= 0.3 is 5.82 Å². The zero-order valence-corrected chi connectivity index (χ0v) is 9.79. The molecular formula is C9H9N5O2S. The Hall–Kier alpha value is -1.96. The molecule has 0 fully saturated rings. The van der Waals surface area contributed by atoms with Crippen molar-refractivity contribution < 1.29 is 4.92 Å². The van der Waals surface area contributed by atoms with Crippen molar-refractivity contribution in [2.45, 2.75) is 10.8 Å². The molecule has 0 saturated carbocycles. The molecule has 0 N–H and O–H groups in total. The molecule has 0 unspecified atom stereocenters. The van der Waals surface area contributed by atoms with Crippen molar-refractivity contribution in [3.8, 4) is 0 Å². The first kappa shape index (κ1) is 11.5. The predicted octanol–water partition coefficient (Wildman–Crippen LogP) is 1.41. The maximum atomic E-state index is 10.6. The molecular weight excluding hydrogens is 242 g/mol. The molecule has 88 valence electrons. The van der Waals surface area contributed by atoms with Crippen molar-refractivity contribution >= 4 is 17.6 Å². The summed E-state index contributed by atoms with van der Waals surface area (Å²) in [6, 6.07) is 1.78. The van der Waals surface area contributed by atoms with Crippen LogP contribution in [0, 0.1) is 10.1 Å². The second-order valence-electron chi connectivity index (χ2n) is 3.19. The summed E-state index contributed by atoms with van der Waals surface area (Å²) < 4.78 is 1.47. The fourth-order valence-electron chi connectivity index (χ4n) is 1.24. The molecule has 0 aliphatic heterocycles. The molecule has 0 aliphatic carbocycles. The minimum absolute atomic E-state index is 0.0108. The Bertz CT molecular complexity index is 527. The van der Waals surface area contributed by atoms with Gasteiger partial charge in [-0.05, 0) is 11.0 Å². The second-order valence-corrected chi connectivity index (χ2v) is 4.18. The average Bonchev–Trinajstić information content (AvgIpc) is 2.69. The largest absolute Gasteiger partial charge is 0.358 e. The first-order valence-corrected chi connectivity index (χ1v) is 5.71. The van der Waals surface area contributed by atoms with Crippen molar-refractivity contribution in [2.75, 3.05) is 0 Å². The third-order valence-corrected chi connectivity index (χ3v) is 3.09. The van der Waals surface area contributed by atoms with Crippen molar-refractivity contribution in [1.82, 2.24) is 19.5 Å². The summed E-state index contributed by atoms with van der Waals surface area (Å²) in [6.07, 6.45) is 4.37. The molecule has 2 aromatic heterocycles. The standard InChI is InChI=1S/C9H9N5O2S/c1-13-7(11-4-9(13)14(15)16)5-17-8-2-3-10-6-12-8/h2-4,6H,5H2,1H3. The van der Waals surface area contributed by atoms with Gasteiger partial charge in [-0.1, -0.05) is 11.8 Å². The van der Waals surface area contributed by atoms with E-state index in [0.717, 1.165) is 5.03 Å². The molecule has 2 heterocycles. The van der Waals surface area contributed by atoms with Crippen LogP contribution in [0.3, 0.4) is 0 Å². The van der Waals surface area contributed by atoms with E-state index in [1.165, 1.54) is 28.9 Å². The number of aromatic nitrogens is 4. The first-order chi connectivity index (χ1) is 8.18. The van der Waals surface area contributed by atoms with Gasteiger partial charge in [0.2, 0.25) is 5.82 Å². The fourth-order valence-corrected chi connectivity index (χ4v) is 2.07. The number of hydrogen-bond acceptors (Lipinski definition) is 6. The van der Waals surface area contributed by atoms with Crippen LogP contribution in [0.1, 0.15) is 5.82 Å². The Kier molecular flexibility index (Phi) is 3.33. The molecule has 0 atom stereocenters. The van der Waals surface area contributed by atoms with Gasteiger partial charge in [0.15, 0.2) is 0 Å². The molecule has 7 nitrogen and oxygen atoms in total. The monoisotopic (exact) mass is 251 g/mol. The van der Waals surface area contributed by atoms with Gasteiger partial charge in [0.05, 0.1) is 17.8 Å². The van der Waals surface area contributed by atoms with Gasteiger partial charge in [-0.3, -0.25) is 0 Å². The number of rotatable bonds is 4. The predicted molar refractivity (Wildman–Crippen MR) is 61.5 cm³/mol. The summed E-state index contributed by atoms with van der Waals surface area (Å²) in [5.74, 6) is 1.16. The van der Waals surface area contributed by atoms with Crippen molar-refractivity contribution in [1.29, 1.82) is 0 Å². The van der Waals surface area contributed by atoms with Crippen molar-refractivity contribution in [3.63, 3.8) is 0 Å². The fraction of sp³-hybridized carbons (Fsp3) is 0.222. The van der Waals surface area contributed by atoms with E-state index in [1.807, 2.05) is 0 Å². The highest BCUT2D eigenvalue weighted by molar-refractivity contribution is 7.98. The first-order valence-electron chi connectivity index (χ1n) is 4.72. The molecule has 2 aromatic rings. The Labute approximate surface area is 101 Å². The molecule has 17 heavy (non-hydrogen) atoms. The number of thioether (sulfide) groups is 1. The molecule has 0 saturated heterocycles. The third-order valence-electron chi connectivity index (χ3n) is 2.15. The number of imidazole rings is 1. The van der Waals surface area contributed by atoms with E-state index in [2.05, 4.69) is 15.0 Å². The summed E-state index contributed by atoms with van der Waals surface area (Å²) in [5, 5.41) is 11.4. The quantitative estimate of drug-likeness (QED) is 0.353. The summed E-state index contributed by atoms with van der Waals surface area (Å²) in [6.45, 7) is 0. The van der Waals surface area contributed by atoms with Crippen molar-refractivity contribution in [2.24, 2.45) is 7.05 Å². The zero-order chi connectivity index (χ0) is 12.3. The molecule has 2 rings (SSSR count). The number of hydrogen-bond donors (Lipinski definition) is 0. The minimum atomic E-state index is -0.453. The smallest absolute Gasteiger partial charge is 0.342 e. The van der Waals surface area contributed by atoms with Crippen LogP contribution in [-0.4, -0.2) is 24.4 Å². The van der Waals surface area contributed by atoms with E-state index in [4.69, 9.17) is 0 Å². The minimum Gasteiger partial charge on any atom is -0.358 e. The SMILES string of the molecule is Cn1c([N+](=O)[O-])cnc1CSc1ccncn1. The van der Waals surface area contributed by atoms with Crippen LogP contribution in [0.25, 0.3) is 0 Å².